The fraction of sp³-hybridized carbons (Fsp3) is 0. The van der Waals surface area contributed by atoms with E-state index in [4.69, 9.17) is 12.8 Å². The topological polar surface area (TPSA) is 0 Å². The van der Waals surface area contributed by atoms with Gasteiger partial charge in [-0.1, -0.05) is 11.3 Å². The monoisotopic (exact) mass is 83.0 g/mol. The summed E-state index contributed by atoms with van der Waals surface area (Å²) in [6.07, 6.45) is 9.52. The maximum atomic E-state index is 4.76. The van der Waals surface area contributed by atoms with Crippen molar-refractivity contribution in [2.45, 2.75) is 0 Å². The predicted octanol–water partition coefficient (Wildman–Crippen LogP) is 0.959. The second-order valence-corrected chi connectivity index (χ2v) is 1.24. The van der Waals surface area contributed by atoms with Crippen LogP contribution in [0.1, 0.15) is 1.43 Å². The fourth-order valence-corrected chi connectivity index (χ4v) is 0.125. The summed E-state index contributed by atoms with van der Waals surface area (Å²) >= 11 is 0. The summed E-state index contributed by atoms with van der Waals surface area (Å²) in [5.41, 5.74) is 4.62. The molecule has 0 saturated heterocycles. The quantitative estimate of drug-likeness (QED) is 0.302. The molecule has 0 aromatic carbocycles. The highest BCUT2D eigenvalue weighted by molar-refractivity contribution is 7.49. The lowest BCUT2D eigenvalue weighted by molar-refractivity contribution is 3.00. The van der Waals surface area contributed by atoms with E-state index in [1.165, 1.54) is 0 Å². The minimum Gasteiger partial charge on any atom is -0.115 e. The minimum atomic E-state index is 0. The fourth-order valence-electron chi connectivity index (χ4n) is 0.0417. The zero-order valence-corrected chi connectivity index (χ0v) is 3.65. The third kappa shape index (κ3) is 3.55. The molecule has 0 aliphatic rings. The molecule has 24 valence electrons. The Kier molecular flexibility index (Phi) is 3.23. The zero-order chi connectivity index (χ0) is 4.12. The lowest BCUT2D eigenvalue weighted by Crippen LogP contribution is -1.23. The Bertz CT molecular complexity index is 72.7. The summed E-state index contributed by atoms with van der Waals surface area (Å²) in [5, 5.41) is 0. The van der Waals surface area contributed by atoms with Crippen LogP contribution in [0.15, 0.2) is 0 Å². The zero-order valence-electron chi connectivity index (χ0n) is 3.65. The van der Waals surface area contributed by atoms with Crippen molar-refractivity contribution in [1.82, 2.24) is 0 Å². The molecule has 0 nitrogen and oxygen atoms in total. The molecule has 0 radical (unpaired) electrons. The van der Waals surface area contributed by atoms with Gasteiger partial charge in [-0.15, -0.1) is 12.8 Å². The summed E-state index contributed by atoms with van der Waals surface area (Å²) in [7, 11) is 0.253. The Morgan fingerprint density at radius 3 is 1.80 bits per heavy atom. The highest BCUT2D eigenvalue weighted by Crippen LogP contribution is 1.97. The van der Waals surface area contributed by atoms with Gasteiger partial charge in [0.05, 0.1) is 0 Å². The van der Waals surface area contributed by atoms with Gasteiger partial charge in [0.1, 0.15) is 0 Å². The van der Waals surface area contributed by atoms with Gasteiger partial charge in [-0.25, -0.2) is 0 Å². The first-order valence-corrected chi connectivity index (χ1v) is 2.08. The Morgan fingerprint density at radius 1 is 1.40 bits per heavy atom. The van der Waals surface area contributed by atoms with E-state index < -0.39 is 0 Å². The van der Waals surface area contributed by atoms with Crippen LogP contribution >= 0.6 is 8.58 Å². The lowest BCUT2D eigenvalue weighted by Gasteiger charge is -1.56. The molecule has 0 rings (SSSR count). The van der Waals surface area contributed by atoms with Gasteiger partial charge in [-0.2, -0.15) is 0 Å². The van der Waals surface area contributed by atoms with Crippen LogP contribution in [0.3, 0.4) is 0 Å². The van der Waals surface area contributed by atoms with E-state index in [0.29, 0.717) is 0 Å². The lowest BCUT2D eigenvalue weighted by atomic mass is 11.4. The summed E-state index contributed by atoms with van der Waals surface area (Å²) in [6.45, 7) is 0. The molecule has 1 heteroatoms. The third-order valence-electron chi connectivity index (χ3n) is 0.144. The van der Waals surface area contributed by atoms with Gasteiger partial charge in [0.2, 0.25) is 0 Å². The Hall–Kier alpha value is -0.450. The van der Waals surface area contributed by atoms with Crippen molar-refractivity contribution >= 4 is 8.58 Å². The molecule has 0 heterocycles. The molecule has 0 bridgehead atoms. The average Bonchev–Trinajstić information content (AvgIpc) is 1.41. The molecular weight excluding hydrogens is 79.0 g/mol. The number of hydrogen-bond donors (Lipinski definition) is 0. The molecule has 0 aliphatic heterocycles. The number of terminal acetylenes is 2. The van der Waals surface area contributed by atoms with Crippen molar-refractivity contribution in [2.75, 3.05) is 0 Å². The van der Waals surface area contributed by atoms with Gasteiger partial charge in [0.25, 0.3) is 0 Å². The van der Waals surface area contributed by atoms with E-state index >= 15 is 0 Å². The molecule has 0 N–H and O–H groups in total. The van der Waals surface area contributed by atoms with Crippen molar-refractivity contribution in [3.8, 4) is 24.2 Å². The van der Waals surface area contributed by atoms with Crippen LogP contribution in [0.2, 0.25) is 0 Å². The number of hydrogen-bond acceptors (Lipinski definition) is 0. The van der Waals surface area contributed by atoms with Gasteiger partial charge in [-0.05, 0) is 0 Å². The molecule has 0 unspecified atom stereocenters. The van der Waals surface area contributed by atoms with Crippen LogP contribution in [-0.4, -0.2) is 0 Å². The van der Waals surface area contributed by atoms with Crippen molar-refractivity contribution in [1.29, 1.82) is 0 Å². The smallest absolute Gasteiger partial charge is 0.115 e. The molecule has 0 aromatic heterocycles. The molecule has 0 aliphatic carbocycles. The van der Waals surface area contributed by atoms with Gasteiger partial charge in [-0.3, -0.25) is 0 Å². The normalized spacial score (nSPS) is 4.40. The SMILES string of the molecule is C#CPC#C.[H+]. The molecule has 0 fully saturated rings. The third-order valence-corrected chi connectivity index (χ3v) is 0.433. The first-order chi connectivity index (χ1) is 2.41. The first-order valence-electron chi connectivity index (χ1n) is 1.08. The van der Waals surface area contributed by atoms with E-state index in [2.05, 4.69) is 11.3 Å². The Balaban J connectivity index is 0. The molecule has 0 saturated carbocycles. The second kappa shape index (κ2) is 3.55. The van der Waals surface area contributed by atoms with Crippen LogP contribution in [0.4, 0.5) is 0 Å². The first kappa shape index (κ1) is 4.55. The largest absolute Gasteiger partial charge is 1.00 e. The molecular formula is C4H4P+. The maximum Gasteiger partial charge on any atom is 1.00 e. The minimum absolute atomic E-state index is 0. The predicted molar refractivity (Wildman–Crippen MR) is 27.1 cm³/mol. The summed E-state index contributed by atoms with van der Waals surface area (Å²) < 4.78 is 0. The maximum absolute atomic E-state index is 4.76. The summed E-state index contributed by atoms with van der Waals surface area (Å²) in [5.74, 6) is 0. The standard InChI is InChI=1S/C4H3P/c1-3-5-4-2/h1-2,5H/p+1. The van der Waals surface area contributed by atoms with Crippen molar-refractivity contribution in [2.24, 2.45) is 0 Å². The van der Waals surface area contributed by atoms with E-state index in [1.807, 2.05) is 0 Å². The summed E-state index contributed by atoms with van der Waals surface area (Å²) in [6, 6.07) is 0. The summed E-state index contributed by atoms with van der Waals surface area (Å²) in [4.78, 5) is 0. The van der Waals surface area contributed by atoms with Crippen molar-refractivity contribution < 1.29 is 1.43 Å². The van der Waals surface area contributed by atoms with Gasteiger partial charge in [0, 0.05) is 8.58 Å². The van der Waals surface area contributed by atoms with Gasteiger partial charge < -0.3 is 0 Å². The van der Waals surface area contributed by atoms with E-state index in [-0.39, 0.29) is 10.0 Å². The van der Waals surface area contributed by atoms with Crippen LogP contribution in [0.5, 0.6) is 0 Å². The van der Waals surface area contributed by atoms with Crippen LogP contribution in [0, 0.1) is 24.2 Å². The second-order valence-electron chi connectivity index (χ2n) is 0.414. The molecule has 0 atom stereocenters. The molecule has 0 spiro atoms. The van der Waals surface area contributed by atoms with Crippen LogP contribution < -0.4 is 0 Å². The van der Waals surface area contributed by atoms with Crippen LogP contribution in [-0.2, 0) is 0 Å². The van der Waals surface area contributed by atoms with Crippen molar-refractivity contribution in [3.63, 3.8) is 0 Å². The Labute approximate surface area is 35.2 Å². The van der Waals surface area contributed by atoms with Crippen molar-refractivity contribution in [3.05, 3.63) is 0 Å². The van der Waals surface area contributed by atoms with E-state index in [9.17, 15) is 0 Å². The van der Waals surface area contributed by atoms with E-state index in [1.54, 1.807) is 0 Å². The van der Waals surface area contributed by atoms with Gasteiger partial charge in [0.15, 0.2) is 0 Å². The van der Waals surface area contributed by atoms with Crippen LogP contribution in [0.25, 0.3) is 0 Å². The van der Waals surface area contributed by atoms with Gasteiger partial charge >= 0.3 is 1.43 Å². The molecule has 0 aromatic rings. The molecule has 0 amide bonds. The highest BCUT2D eigenvalue weighted by atomic mass is 31.1. The molecule has 5 heavy (non-hydrogen) atoms. The Morgan fingerprint density at radius 2 is 1.80 bits per heavy atom. The van der Waals surface area contributed by atoms with E-state index in [0.717, 1.165) is 0 Å². The number of rotatable bonds is 0. The highest BCUT2D eigenvalue weighted by Gasteiger charge is 1.50. The average molecular weight is 83.0 g/mol.